The Kier molecular flexibility index (Phi) is 6.61. The van der Waals surface area contributed by atoms with E-state index in [0.29, 0.717) is 19.0 Å². The summed E-state index contributed by atoms with van der Waals surface area (Å²) in [7, 11) is 1.75. The number of fused-ring (bicyclic) bond motifs is 1. The van der Waals surface area contributed by atoms with Crippen molar-refractivity contribution >= 4 is 11.9 Å². The number of aryl methyl sites for hydroxylation is 1. The van der Waals surface area contributed by atoms with Crippen LogP contribution in [0.2, 0.25) is 0 Å². The van der Waals surface area contributed by atoms with E-state index < -0.39 is 0 Å². The van der Waals surface area contributed by atoms with Crippen molar-refractivity contribution in [3.63, 3.8) is 0 Å². The quantitative estimate of drug-likeness (QED) is 0.413. The van der Waals surface area contributed by atoms with E-state index in [1.807, 2.05) is 25.5 Å². The van der Waals surface area contributed by atoms with Crippen LogP contribution in [0.25, 0.3) is 0 Å². The molecule has 0 bridgehead atoms. The third kappa shape index (κ3) is 5.44. The fourth-order valence-corrected chi connectivity index (χ4v) is 2.70. The van der Waals surface area contributed by atoms with Gasteiger partial charge in [-0.05, 0) is 6.42 Å². The third-order valence-corrected chi connectivity index (χ3v) is 4.34. The van der Waals surface area contributed by atoms with Crippen molar-refractivity contribution < 1.29 is 4.79 Å². The summed E-state index contributed by atoms with van der Waals surface area (Å²) < 4.78 is 2.01. The Balaban J connectivity index is 1.79. The van der Waals surface area contributed by atoms with E-state index in [9.17, 15) is 4.79 Å². The molecule has 0 aliphatic carbocycles. The number of carbonyl (C=O) groups excluding carboxylic acids is 1. The summed E-state index contributed by atoms with van der Waals surface area (Å²) in [5.74, 6) is 3.12. The van der Waals surface area contributed by atoms with Gasteiger partial charge in [0.1, 0.15) is 5.82 Å². The standard InChI is InChI=1S/C18H33N7O/c1-12(2)15-23-14-8-7-13(11-25(14)24-15)22-17(19-6)21-10-9-20-16(26)18(3,4)5/h12-13H,7-11H2,1-6H3,(H,20,26)(H2,19,21,22). The van der Waals surface area contributed by atoms with E-state index in [4.69, 9.17) is 0 Å². The Morgan fingerprint density at radius 1 is 1.31 bits per heavy atom. The summed E-state index contributed by atoms with van der Waals surface area (Å²) in [5, 5.41) is 14.2. The molecule has 1 amide bonds. The van der Waals surface area contributed by atoms with Gasteiger partial charge in [-0.3, -0.25) is 9.79 Å². The lowest BCUT2D eigenvalue weighted by Crippen LogP contribution is -2.49. The zero-order valence-electron chi connectivity index (χ0n) is 16.9. The number of amides is 1. The highest BCUT2D eigenvalue weighted by Crippen LogP contribution is 2.17. The minimum atomic E-state index is -0.369. The van der Waals surface area contributed by atoms with Gasteiger partial charge in [0.05, 0.1) is 6.54 Å². The van der Waals surface area contributed by atoms with Crippen LogP contribution in [0.15, 0.2) is 4.99 Å². The number of rotatable bonds is 5. The number of nitrogens with one attached hydrogen (secondary N) is 3. The summed E-state index contributed by atoms with van der Waals surface area (Å²) in [6.45, 7) is 11.9. The molecule has 0 aromatic carbocycles. The molecule has 0 fully saturated rings. The second kappa shape index (κ2) is 8.51. The first-order valence-corrected chi connectivity index (χ1v) is 9.39. The maximum atomic E-state index is 11.9. The Hall–Kier alpha value is -2.12. The lowest BCUT2D eigenvalue weighted by Gasteiger charge is -2.25. The van der Waals surface area contributed by atoms with E-state index in [0.717, 1.165) is 37.0 Å². The van der Waals surface area contributed by atoms with Gasteiger partial charge in [-0.2, -0.15) is 5.10 Å². The van der Waals surface area contributed by atoms with Gasteiger partial charge in [-0.15, -0.1) is 0 Å². The predicted molar refractivity (Wildman–Crippen MR) is 103 cm³/mol. The SMILES string of the molecule is CN=C(NCCNC(=O)C(C)(C)C)NC1CCc2nc(C(C)C)nn2C1. The molecule has 2 rings (SSSR count). The van der Waals surface area contributed by atoms with Crippen LogP contribution in [0, 0.1) is 5.41 Å². The second-order valence-electron chi connectivity index (χ2n) is 8.11. The number of aliphatic imine (C=N–C) groups is 1. The molecule has 26 heavy (non-hydrogen) atoms. The monoisotopic (exact) mass is 363 g/mol. The van der Waals surface area contributed by atoms with Crippen LogP contribution in [-0.2, 0) is 17.8 Å². The van der Waals surface area contributed by atoms with Crippen molar-refractivity contribution in [2.24, 2.45) is 10.4 Å². The molecule has 3 N–H and O–H groups in total. The first kappa shape index (κ1) is 20.2. The fraction of sp³-hybridized carbons (Fsp3) is 0.778. The molecule has 0 saturated carbocycles. The van der Waals surface area contributed by atoms with Crippen molar-refractivity contribution in [3.05, 3.63) is 11.6 Å². The first-order valence-electron chi connectivity index (χ1n) is 9.39. The Labute approximate surface area is 156 Å². The Bertz CT molecular complexity index is 642. The van der Waals surface area contributed by atoms with Gasteiger partial charge in [0.2, 0.25) is 5.91 Å². The van der Waals surface area contributed by atoms with Crippen LogP contribution in [0.3, 0.4) is 0 Å². The molecule has 1 aliphatic rings. The molecule has 2 heterocycles. The largest absolute Gasteiger partial charge is 0.355 e. The average Bonchev–Trinajstić information content (AvgIpc) is 3.00. The van der Waals surface area contributed by atoms with Crippen molar-refractivity contribution in [3.8, 4) is 0 Å². The fourth-order valence-electron chi connectivity index (χ4n) is 2.70. The van der Waals surface area contributed by atoms with E-state index >= 15 is 0 Å². The molecule has 1 aromatic heterocycles. The minimum absolute atomic E-state index is 0.0502. The van der Waals surface area contributed by atoms with Crippen LogP contribution in [0.5, 0.6) is 0 Å². The number of hydrogen-bond acceptors (Lipinski definition) is 4. The molecule has 8 heteroatoms. The van der Waals surface area contributed by atoms with Gasteiger partial charge in [-0.25, -0.2) is 9.67 Å². The molecule has 1 unspecified atom stereocenters. The van der Waals surface area contributed by atoms with E-state index in [2.05, 4.69) is 44.9 Å². The molecule has 146 valence electrons. The van der Waals surface area contributed by atoms with Crippen LogP contribution in [0.4, 0.5) is 0 Å². The number of nitrogens with zero attached hydrogens (tertiary/aromatic N) is 4. The topological polar surface area (TPSA) is 96.2 Å². The van der Waals surface area contributed by atoms with Crippen molar-refractivity contribution in [2.45, 2.75) is 66.0 Å². The van der Waals surface area contributed by atoms with E-state index in [-0.39, 0.29) is 17.4 Å². The van der Waals surface area contributed by atoms with Gasteiger partial charge in [0, 0.05) is 43.9 Å². The minimum Gasteiger partial charge on any atom is -0.355 e. The van der Waals surface area contributed by atoms with Crippen molar-refractivity contribution in [1.82, 2.24) is 30.7 Å². The van der Waals surface area contributed by atoms with Gasteiger partial charge < -0.3 is 16.0 Å². The first-order chi connectivity index (χ1) is 12.2. The Morgan fingerprint density at radius 2 is 2.00 bits per heavy atom. The number of aromatic nitrogens is 3. The summed E-state index contributed by atoms with van der Waals surface area (Å²) >= 11 is 0. The molecule has 0 spiro atoms. The molecule has 8 nitrogen and oxygen atoms in total. The molecule has 1 aromatic rings. The maximum Gasteiger partial charge on any atom is 0.225 e. The van der Waals surface area contributed by atoms with E-state index in [1.165, 1.54) is 0 Å². The lowest BCUT2D eigenvalue weighted by atomic mass is 9.96. The molecular formula is C18H33N7O. The molecule has 0 saturated heterocycles. The highest BCUT2D eigenvalue weighted by atomic mass is 16.2. The summed E-state index contributed by atoms with van der Waals surface area (Å²) in [6, 6.07) is 0.263. The second-order valence-corrected chi connectivity index (χ2v) is 8.11. The number of hydrogen-bond donors (Lipinski definition) is 3. The van der Waals surface area contributed by atoms with Crippen LogP contribution in [0.1, 0.15) is 58.6 Å². The van der Waals surface area contributed by atoms with Crippen molar-refractivity contribution in [1.29, 1.82) is 0 Å². The van der Waals surface area contributed by atoms with E-state index in [1.54, 1.807) is 7.05 Å². The third-order valence-electron chi connectivity index (χ3n) is 4.34. The van der Waals surface area contributed by atoms with Gasteiger partial charge >= 0.3 is 0 Å². The Morgan fingerprint density at radius 3 is 2.62 bits per heavy atom. The highest BCUT2D eigenvalue weighted by Gasteiger charge is 2.23. The van der Waals surface area contributed by atoms with Gasteiger partial charge in [-0.1, -0.05) is 34.6 Å². The van der Waals surface area contributed by atoms with Gasteiger partial charge in [0.15, 0.2) is 11.8 Å². The van der Waals surface area contributed by atoms with Gasteiger partial charge in [0.25, 0.3) is 0 Å². The summed E-state index contributed by atoms with van der Waals surface area (Å²) in [5.41, 5.74) is -0.369. The molecule has 1 aliphatic heterocycles. The molecular weight excluding hydrogens is 330 g/mol. The normalized spacial score (nSPS) is 17.8. The summed E-state index contributed by atoms with van der Waals surface area (Å²) in [4.78, 5) is 20.8. The zero-order chi connectivity index (χ0) is 19.3. The highest BCUT2D eigenvalue weighted by molar-refractivity contribution is 5.82. The predicted octanol–water partition coefficient (Wildman–Crippen LogP) is 1.04. The molecule has 1 atom stereocenters. The smallest absolute Gasteiger partial charge is 0.225 e. The number of carbonyl (C=O) groups is 1. The van der Waals surface area contributed by atoms with Crippen LogP contribution < -0.4 is 16.0 Å². The average molecular weight is 364 g/mol. The van der Waals surface area contributed by atoms with Crippen LogP contribution in [-0.4, -0.2) is 52.8 Å². The zero-order valence-corrected chi connectivity index (χ0v) is 16.9. The molecule has 0 radical (unpaired) electrons. The van der Waals surface area contributed by atoms with Crippen molar-refractivity contribution in [2.75, 3.05) is 20.1 Å². The van der Waals surface area contributed by atoms with Crippen LogP contribution >= 0.6 is 0 Å². The maximum absolute atomic E-state index is 11.9. The lowest BCUT2D eigenvalue weighted by molar-refractivity contribution is -0.128. The summed E-state index contributed by atoms with van der Waals surface area (Å²) in [6.07, 6.45) is 1.91. The number of guanidine groups is 1.